The van der Waals surface area contributed by atoms with E-state index < -0.39 is 10.0 Å². The van der Waals surface area contributed by atoms with Crippen molar-refractivity contribution in [2.75, 3.05) is 5.73 Å². The number of hydrogen-bond donors (Lipinski definition) is 2. The fourth-order valence-corrected chi connectivity index (χ4v) is 3.04. The first-order valence-electron chi connectivity index (χ1n) is 5.41. The third-order valence-corrected chi connectivity index (χ3v) is 4.57. The summed E-state index contributed by atoms with van der Waals surface area (Å²) in [6.07, 6.45) is 3.36. The van der Waals surface area contributed by atoms with Crippen molar-refractivity contribution < 1.29 is 8.42 Å². The van der Waals surface area contributed by atoms with Crippen LogP contribution in [0.1, 0.15) is 5.82 Å². The largest absolute Gasteiger partial charge is 0.398 e. The number of aryl methyl sites for hydroxylation is 1. The van der Waals surface area contributed by atoms with Gasteiger partial charge in [0, 0.05) is 23.9 Å². The molecule has 6 nitrogen and oxygen atoms in total. The molecular weight excluding hydrogens is 332 g/mol. The van der Waals surface area contributed by atoms with Crippen molar-refractivity contribution in [3.63, 3.8) is 0 Å². The monoisotopic (exact) mass is 344 g/mol. The Morgan fingerprint density at radius 3 is 2.79 bits per heavy atom. The van der Waals surface area contributed by atoms with E-state index in [2.05, 4.69) is 25.6 Å². The van der Waals surface area contributed by atoms with E-state index in [1.165, 1.54) is 6.07 Å². The van der Waals surface area contributed by atoms with Gasteiger partial charge in [-0.05, 0) is 18.2 Å². The van der Waals surface area contributed by atoms with Gasteiger partial charge in [-0.1, -0.05) is 15.9 Å². The number of imidazole rings is 1. The normalized spacial score (nSPS) is 11.7. The highest BCUT2D eigenvalue weighted by molar-refractivity contribution is 9.10. The lowest BCUT2D eigenvalue weighted by atomic mass is 10.3. The van der Waals surface area contributed by atoms with Crippen LogP contribution in [-0.4, -0.2) is 18.0 Å². The molecule has 0 spiro atoms. The smallest absolute Gasteiger partial charge is 0.243 e. The molecule has 1 heterocycles. The van der Waals surface area contributed by atoms with Gasteiger partial charge in [-0.2, -0.15) is 0 Å². The van der Waals surface area contributed by atoms with Gasteiger partial charge in [-0.3, -0.25) is 0 Å². The number of rotatable bonds is 4. The van der Waals surface area contributed by atoms with Crippen LogP contribution >= 0.6 is 15.9 Å². The van der Waals surface area contributed by atoms with Gasteiger partial charge in [-0.25, -0.2) is 18.1 Å². The first-order chi connectivity index (χ1) is 8.90. The fraction of sp³-hybridized carbons (Fsp3) is 0.182. The average Bonchev–Trinajstić information content (AvgIpc) is 2.72. The van der Waals surface area contributed by atoms with Gasteiger partial charge in [0.05, 0.1) is 12.2 Å². The molecule has 0 amide bonds. The van der Waals surface area contributed by atoms with E-state index in [9.17, 15) is 8.42 Å². The topological polar surface area (TPSA) is 90.0 Å². The van der Waals surface area contributed by atoms with E-state index in [0.717, 1.165) is 4.47 Å². The number of nitrogens with zero attached hydrogens (tertiary/aromatic N) is 2. The zero-order chi connectivity index (χ0) is 14.0. The number of nitrogen functional groups attached to an aromatic ring is 1. The van der Waals surface area contributed by atoms with Crippen LogP contribution in [0.5, 0.6) is 0 Å². The van der Waals surface area contributed by atoms with Crippen LogP contribution in [0.2, 0.25) is 0 Å². The maximum atomic E-state index is 12.1. The molecule has 2 rings (SSSR count). The number of anilines is 1. The minimum Gasteiger partial charge on any atom is -0.398 e. The molecular formula is C11H13BrN4O2S. The molecule has 1 aromatic heterocycles. The maximum absolute atomic E-state index is 12.1. The van der Waals surface area contributed by atoms with Crippen molar-refractivity contribution in [2.24, 2.45) is 7.05 Å². The van der Waals surface area contributed by atoms with E-state index in [4.69, 9.17) is 5.73 Å². The van der Waals surface area contributed by atoms with Gasteiger partial charge in [0.15, 0.2) is 0 Å². The summed E-state index contributed by atoms with van der Waals surface area (Å²) >= 11 is 3.23. The average molecular weight is 345 g/mol. The number of aromatic nitrogens is 2. The van der Waals surface area contributed by atoms with E-state index in [1.807, 2.05) is 0 Å². The zero-order valence-corrected chi connectivity index (χ0v) is 12.6. The molecule has 0 fully saturated rings. The lowest BCUT2D eigenvalue weighted by Gasteiger charge is -2.09. The Hall–Kier alpha value is -1.38. The van der Waals surface area contributed by atoms with Crippen molar-refractivity contribution in [3.05, 3.63) is 40.9 Å². The van der Waals surface area contributed by atoms with Crippen LogP contribution in [-0.2, 0) is 23.6 Å². The Morgan fingerprint density at radius 1 is 1.47 bits per heavy atom. The lowest BCUT2D eigenvalue weighted by molar-refractivity contribution is 0.578. The number of halogens is 1. The van der Waals surface area contributed by atoms with Crippen molar-refractivity contribution in [1.29, 1.82) is 0 Å². The summed E-state index contributed by atoms with van der Waals surface area (Å²) in [6, 6.07) is 4.64. The lowest BCUT2D eigenvalue weighted by Crippen LogP contribution is -2.25. The standard InChI is InChI=1S/C11H13BrN4O2S/c1-16-5-4-14-11(16)7-15-19(17,18)10-3-2-8(12)6-9(10)13/h2-6,15H,7,13H2,1H3. The Morgan fingerprint density at radius 2 is 2.21 bits per heavy atom. The highest BCUT2D eigenvalue weighted by Crippen LogP contribution is 2.22. The van der Waals surface area contributed by atoms with Crippen LogP contribution in [0.15, 0.2) is 40.0 Å². The molecule has 0 aliphatic heterocycles. The molecule has 0 bridgehead atoms. The first-order valence-corrected chi connectivity index (χ1v) is 7.68. The highest BCUT2D eigenvalue weighted by atomic mass is 79.9. The Bertz CT molecular complexity index is 696. The SMILES string of the molecule is Cn1ccnc1CNS(=O)(=O)c1ccc(Br)cc1N. The van der Waals surface area contributed by atoms with Crippen molar-refractivity contribution in [1.82, 2.24) is 14.3 Å². The first kappa shape index (κ1) is 14.0. The van der Waals surface area contributed by atoms with Crippen LogP contribution in [0.25, 0.3) is 0 Å². The maximum Gasteiger partial charge on any atom is 0.243 e. The van der Waals surface area contributed by atoms with Gasteiger partial charge in [-0.15, -0.1) is 0 Å². The second kappa shape index (κ2) is 5.32. The third-order valence-electron chi connectivity index (χ3n) is 2.60. The molecule has 0 radical (unpaired) electrons. The van der Waals surface area contributed by atoms with Crippen LogP contribution < -0.4 is 10.5 Å². The highest BCUT2D eigenvalue weighted by Gasteiger charge is 2.17. The van der Waals surface area contributed by atoms with Crippen LogP contribution in [0.4, 0.5) is 5.69 Å². The predicted octanol–water partition coefficient (Wildman–Crippen LogP) is 1.24. The molecule has 1 aromatic carbocycles. The molecule has 8 heteroatoms. The molecule has 102 valence electrons. The van der Waals surface area contributed by atoms with Gasteiger partial charge in [0.1, 0.15) is 10.7 Å². The number of nitrogens with two attached hydrogens (primary N) is 1. The fourth-order valence-electron chi connectivity index (χ4n) is 1.57. The van der Waals surface area contributed by atoms with Gasteiger partial charge >= 0.3 is 0 Å². The molecule has 0 aliphatic carbocycles. The van der Waals surface area contributed by atoms with Crippen LogP contribution in [0.3, 0.4) is 0 Å². The molecule has 0 saturated carbocycles. The summed E-state index contributed by atoms with van der Waals surface area (Å²) in [5.41, 5.74) is 5.91. The number of sulfonamides is 1. The Balaban J connectivity index is 2.21. The molecule has 0 unspecified atom stereocenters. The summed E-state index contributed by atoms with van der Waals surface area (Å²) in [4.78, 5) is 4.11. The third kappa shape index (κ3) is 3.14. The second-order valence-corrected chi connectivity index (χ2v) is 6.61. The van der Waals surface area contributed by atoms with E-state index in [-0.39, 0.29) is 17.1 Å². The molecule has 19 heavy (non-hydrogen) atoms. The quantitative estimate of drug-likeness (QED) is 0.816. The van der Waals surface area contributed by atoms with Crippen molar-refractivity contribution in [2.45, 2.75) is 11.4 Å². The number of nitrogens with one attached hydrogen (secondary N) is 1. The van der Waals surface area contributed by atoms with Crippen LogP contribution in [0, 0.1) is 0 Å². The molecule has 0 atom stereocenters. The predicted molar refractivity (Wildman–Crippen MR) is 75.8 cm³/mol. The summed E-state index contributed by atoms with van der Waals surface area (Å²) in [6.45, 7) is 0.112. The van der Waals surface area contributed by atoms with Gasteiger partial charge < -0.3 is 10.3 Å². The van der Waals surface area contributed by atoms with E-state index in [0.29, 0.717) is 5.82 Å². The summed E-state index contributed by atoms with van der Waals surface area (Å²) < 4.78 is 29.2. The molecule has 0 saturated heterocycles. The Labute approximate surface area is 119 Å². The van der Waals surface area contributed by atoms with Gasteiger partial charge in [0.2, 0.25) is 10.0 Å². The van der Waals surface area contributed by atoms with Gasteiger partial charge in [0.25, 0.3) is 0 Å². The molecule has 2 aromatic rings. The minimum absolute atomic E-state index is 0.0601. The van der Waals surface area contributed by atoms with Crippen molar-refractivity contribution in [3.8, 4) is 0 Å². The van der Waals surface area contributed by atoms with Crippen molar-refractivity contribution >= 4 is 31.6 Å². The summed E-state index contributed by atoms with van der Waals surface area (Å²) in [5.74, 6) is 0.624. The Kier molecular flexibility index (Phi) is 3.93. The van der Waals surface area contributed by atoms with E-state index in [1.54, 1.807) is 36.1 Å². The number of hydrogen-bond acceptors (Lipinski definition) is 4. The number of benzene rings is 1. The zero-order valence-electron chi connectivity index (χ0n) is 10.2. The second-order valence-electron chi connectivity index (χ2n) is 3.96. The minimum atomic E-state index is -3.65. The molecule has 3 N–H and O–H groups in total. The summed E-state index contributed by atoms with van der Waals surface area (Å²) in [5, 5.41) is 0. The van der Waals surface area contributed by atoms with E-state index >= 15 is 0 Å². The molecule has 0 aliphatic rings. The summed E-state index contributed by atoms with van der Waals surface area (Å²) in [7, 11) is -1.85.